The quantitative estimate of drug-likeness (QED) is 0.757. The van der Waals surface area contributed by atoms with E-state index in [0.717, 1.165) is 44.9 Å². The molecule has 0 atom stereocenters. The second kappa shape index (κ2) is 8.50. The zero-order valence-corrected chi connectivity index (χ0v) is 14.2. The second-order valence-corrected chi connectivity index (χ2v) is 6.12. The predicted molar refractivity (Wildman–Crippen MR) is 96.3 cm³/mol. The zero-order valence-electron chi connectivity index (χ0n) is 14.2. The topological polar surface area (TPSA) is 39.5 Å². The third-order valence-corrected chi connectivity index (χ3v) is 4.44. The van der Waals surface area contributed by atoms with Crippen molar-refractivity contribution in [1.82, 2.24) is 4.90 Å². The molecule has 0 amide bonds. The Morgan fingerprint density at radius 2 is 1.72 bits per heavy atom. The summed E-state index contributed by atoms with van der Waals surface area (Å²) in [6.07, 6.45) is 0.944. The normalized spacial score (nSPS) is 15.0. The first-order chi connectivity index (χ1) is 12.3. The number of benzene rings is 2. The number of hydrogen-bond donors (Lipinski definition) is 0. The Hall–Kier alpha value is -2.58. The van der Waals surface area contributed by atoms with E-state index in [9.17, 15) is 4.39 Å². The number of anilines is 1. The fraction of sp³-hybridized carbons (Fsp3) is 0.350. The van der Waals surface area contributed by atoms with E-state index < -0.39 is 0 Å². The summed E-state index contributed by atoms with van der Waals surface area (Å²) < 4.78 is 19.5. The highest BCUT2D eigenvalue weighted by molar-refractivity contribution is 5.48. The predicted octanol–water partition coefficient (Wildman–Crippen LogP) is 3.29. The largest absolute Gasteiger partial charge is 0.494 e. The smallest absolute Gasteiger partial charge is 0.146 e. The van der Waals surface area contributed by atoms with E-state index in [1.165, 1.54) is 6.07 Å². The molecule has 1 fully saturated rings. The maximum Gasteiger partial charge on any atom is 0.146 e. The molecule has 0 aliphatic carbocycles. The minimum atomic E-state index is -0.147. The molecule has 1 aliphatic heterocycles. The van der Waals surface area contributed by atoms with Gasteiger partial charge in [0.05, 0.1) is 23.9 Å². The Labute approximate surface area is 148 Å². The lowest BCUT2D eigenvalue weighted by Crippen LogP contribution is -2.47. The number of ether oxygens (including phenoxy) is 1. The van der Waals surface area contributed by atoms with Gasteiger partial charge < -0.3 is 9.64 Å². The van der Waals surface area contributed by atoms with Crippen LogP contribution in [-0.4, -0.2) is 44.2 Å². The number of halogens is 1. The molecular formula is C20H22FN3O. The van der Waals surface area contributed by atoms with Crippen LogP contribution in [0.1, 0.15) is 12.0 Å². The zero-order chi connectivity index (χ0) is 17.5. The Morgan fingerprint density at radius 1 is 1.00 bits per heavy atom. The monoisotopic (exact) mass is 339 g/mol. The Bertz CT molecular complexity index is 718. The van der Waals surface area contributed by atoms with Crippen molar-refractivity contribution in [2.75, 3.05) is 44.2 Å². The molecule has 5 heteroatoms. The molecule has 0 radical (unpaired) electrons. The molecule has 1 aliphatic rings. The van der Waals surface area contributed by atoms with Crippen molar-refractivity contribution in [2.24, 2.45) is 0 Å². The molecule has 4 nitrogen and oxygen atoms in total. The molecule has 0 aromatic heterocycles. The van der Waals surface area contributed by atoms with Gasteiger partial charge in [0, 0.05) is 32.7 Å². The van der Waals surface area contributed by atoms with Gasteiger partial charge in [-0.2, -0.15) is 5.26 Å². The molecule has 1 saturated heterocycles. The lowest BCUT2D eigenvalue weighted by molar-refractivity contribution is 0.224. The van der Waals surface area contributed by atoms with Crippen LogP contribution >= 0.6 is 0 Å². The van der Waals surface area contributed by atoms with Gasteiger partial charge in [-0.1, -0.05) is 12.1 Å². The maximum atomic E-state index is 13.8. The third-order valence-electron chi connectivity index (χ3n) is 4.44. The molecule has 25 heavy (non-hydrogen) atoms. The van der Waals surface area contributed by atoms with E-state index in [0.29, 0.717) is 17.9 Å². The second-order valence-electron chi connectivity index (χ2n) is 6.12. The van der Waals surface area contributed by atoms with Crippen molar-refractivity contribution in [3.8, 4) is 11.8 Å². The van der Waals surface area contributed by atoms with Gasteiger partial charge in [0.15, 0.2) is 0 Å². The van der Waals surface area contributed by atoms with Crippen molar-refractivity contribution in [3.05, 3.63) is 59.9 Å². The highest BCUT2D eigenvalue weighted by Gasteiger charge is 2.18. The van der Waals surface area contributed by atoms with Gasteiger partial charge in [0.25, 0.3) is 0 Å². The molecule has 2 aromatic rings. The van der Waals surface area contributed by atoms with E-state index in [4.69, 9.17) is 10.00 Å². The van der Waals surface area contributed by atoms with Crippen LogP contribution in [0.25, 0.3) is 0 Å². The van der Waals surface area contributed by atoms with Crippen molar-refractivity contribution in [1.29, 1.82) is 5.26 Å². The van der Waals surface area contributed by atoms with Crippen LogP contribution in [0.15, 0.2) is 48.5 Å². The van der Waals surface area contributed by atoms with Gasteiger partial charge in [-0.05, 0) is 42.8 Å². The van der Waals surface area contributed by atoms with Crippen LogP contribution in [0, 0.1) is 17.1 Å². The molecule has 3 rings (SSSR count). The minimum absolute atomic E-state index is 0.147. The van der Waals surface area contributed by atoms with E-state index in [1.807, 2.05) is 24.3 Å². The van der Waals surface area contributed by atoms with Crippen LogP contribution < -0.4 is 9.64 Å². The average molecular weight is 339 g/mol. The van der Waals surface area contributed by atoms with Crippen LogP contribution in [0.4, 0.5) is 10.1 Å². The Balaban J connectivity index is 1.36. The standard InChI is InChI=1S/C20H22FN3O/c21-19-4-1-2-5-20(19)24-13-11-23(12-14-24)10-3-15-25-18-8-6-17(16-22)7-9-18/h1-2,4-9H,3,10-15H2. The van der Waals surface area contributed by atoms with E-state index in [1.54, 1.807) is 18.2 Å². The summed E-state index contributed by atoms with van der Waals surface area (Å²) in [7, 11) is 0. The minimum Gasteiger partial charge on any atom is -0.494 e. The SMILES string of the molecule is N#Cc1ccc(OCCCN2CCN(c3ccccc3F)CC2)cc1. The molecule has 130 valence electrons. The highest BCUT2D eigenvalue weighted by Crippen LogP contribution is 2.20. The highest BCUT2D eigenvalue weighted by atomic mass is 19.1. The third kappa shape index (κ3) is 4.71. The fourth-order valence-electron chi connectivity index (χ4n) is 3.02. The summed E-state index contributed by atoms with van der Waals surface area (Å²) in [5, 5.41) is 8.77. The molecule has 2 aromatic carbocycles. The van der Waals surface area contributed by atoms with Crippen molar-refractivity contribution in [2.45, 2.75) is 6.42 Å². The molecule has 0 bridgehead atoms. The van der Waals surface area contributed by atoms with Crippen molar-refractivity contribution < 1.29 is 9.13 Å². The van der Waals surface area contributed by atoms with Gasteiger partial charge >= 0.3 is 0 Å². The molecule has 0 spiro atoms. The number of nitrogens with zero attached hydrogens (tertiary/aromatic N) is 3. The fourth-order valence-corrected chi connectivity index (χ4v) is 3.02. The van der Waals surface area contributed by atoms with E-state index in [-0.39, 0.29) is 5.82 Å². The molecule has 1 heterocycles. The van der Waals surface area contributed by atoms with Gasteiger partial charge in [0.1, 0.15) is 11.6 Å². The van der Waals surface area contributed by atoms with E-state index >= 15 is 0 Å². The Morgan fingerprint density at radius 3 is 2.40 bits per heavy atom. The molecule has 0 N–H and O–H groups in total. The summed E-state index contributed by atoms with van der Waals surface area (Å²) in [6.45, 7) is 5.19. The number of piperazine rings is 1. The van der Waals surface area contributed by atoms with E-state index in [2.05, 4.69) is 15.9 Å². The van der Waals surface area contributed by atoms with Crippen LogP contribution in [0.2, 0.25) is 0 Å². The number of hydrogen-bond acceptors (Lipinski definition) is 4. The lowest BCUT2D eigenvalue weighted by Gasteiger charge is -2.36. The summed E-state index contributed by atoms with van der Waals surface area (Å²) in [6, 6.07) is 16.2. The summed E-state index contributed by atoms with van der Waals surface area (Å²) in [4.78, 5) is 4.50. The van der Waals surface area contributed by atoms with Gasteiger partial charge in [-0.3, -0.25) is 4.90 Å². The average Bonchev–Trinajstić information content (AvgIpc) is 2.67. The van der Waals surface area contributed by atoms with Crippen molar-refractivity contribution >= 4 is 5.69 Å². The molecule has 0 saturated carbocycles. The van der Waals surface area contributed by atoms with Crippen LogP contribution in [0.5, 0.6) is 5.75 Å². The van der Waals surface area contributed by atoms with Crippen LogP contribution in [-0.2, 0) is 0 Å². The number of nitriles is 1. The number of rotatable bonds is 6. The maximum absolute atomic E-state index is 13.8. The first-order valence-corrected chi connectivity index (χ1v) is 8.61. The lowest BCUT2D eigenvalue weighted by atomic mass is 10.2. The first-order valence-electron chi connectivity index (χ1n) is 8.61. The van der Waals surface area contributed by atoms with Crippen molar-refractivity contribution in [3.63, 3.8) is 0 Å². The molecular weight excluding hydrogens is 317 g/mol. The summed E-state index contributed by atoms with van der Waals surface area (Å²) in [5.74, 6) is 0.648. The number of para-hydroxylation sites is 1. The Kier molecular flexibility index (Phi) is 5.86. The van der Waals surface area contributed by atoms with Crippen LogP contribution in [0.3, 0.4) is 0 Å². The first kappa shape index (κ1) is 17.2. The van der Waals surface area contributed by atoms with Gasteiger partial charge in [-0.25, -0.2) is 4.39 Å². The summed E-state index contributed by atoms with van der Waals surface area (Å²) in [5.41, 5.74) is 1.34. The van der Waals surface area contributed by atoms with Gasteiger partial charge in [-0.15, -0.1) is 0 Å². The molecule has 0 unspecified atom stereocenters. The summed E-state index contributed by atoms with van der Waals surface area (Å²) >= 11 is 0. The van der Waals surface area contributed by atoms with Gasteiger partial charge in [0.2, 0.25) is 0 Å².